The number of ether oxygens (including phenoxy) is 1. The molecule has 1 aromatic carbocycles. The van der Waals surface area contributed by atoms with Gasteiger partial charge in [-0.3, -0.25) is 9.59 Å². The summed E-state index contributed by atoms with van der Waals surface area (Å²) in [4.78, 5) is 47.1. The summed E-state index contributed by atoms with van der Waals surface area (Å²) in [5.41, 5.74) is 2.61. The Morgan fingerprint density at radius 3 is 2.80 bits per heavy atom. The average Bonchev–Trinajstić information content (AvgIpc) is 3.06. The minimum atomic E-state index is -0.823. The smallest absolute Gasteiger partial charge is 0.378 e. The number of benzene rings is 1. The second-order valence-corrected chi connectivity index (χ2v) is 7.14. The van der Waals surface area contributed by atoms with Crippen LogP contribution in [0.25, 0.3) is 5.78 Å². The highest BCUT2D eigenvalue weighted by Gasteiger charge is 2.30. The third-order valence-corrected chi connectivity index (χ3v) is 4.76. The summed E-state index contributed by atoms with van der Waals surface area (Å²) < 4.78 is 6.61. The summed E-state index contributed by atoms with van der Waals surface area (Å²) >= 11 is 0. The van der Waals surface area contributed by atoms with E-state index in [9.17, 15) is 14.4 Å². The standard InChI is InChI=1S/C20H20N6O4/c1-11-8-13(3)26-20(21-11)23-18(24-26)19(29)30-10-17(28)25-12(2)9-16(27)22-14-6-4-5-7-15(14)25/h4-8,12H,9-10H2,1-3H3,(H,22,27)/t12-/m0/s1. The molecule has 0 bridgehead atoms. The van der Waals surface area contributed by atoms with Gasteiger partial charge < -0.3 is 15.0 Å². The number of para-hydroxylation sites is 2. The molecule has 1 N–H and O–H groups in total. The maximum atomic E-state index is 12.9. The lowest BCUT2D eigenvalue weighted by atomic mass is 10.1. The summed E-state index contributed by atoms with van der Waals surface area (Å²) in [7, 11) is 0. The number of esters is 1. The van der Waals surface area contributed by atoms with Crippen molar-refractivity contribution in [3.8, 4) is 0 Å². The molecule has 0 saturated heterocycles. The fourth-order valence-electron chi connectivity index (χ4n) is 3.48. The highest BCUT2D eigenvalue weighted by molar-refractivity contribution is 6.05. The maximum absolute atomic E-state index is 12.9. The number of anilines is 2. The third-order valence-electron chi connectivity index (χ3n) is 4.76. The molecule has 0 aliphatic carbocycles. The highest BCUT2D eigenvalue weighted by atomic mass is 16.5. The van der Waals surface area contributed by atoms with Crippen LogP contribution in [-0.4, -0.2) is 50.0 Å². The number of hydrogen-bond donors (Lipinski definition) is 1. The fourth-order valence-corrected chi connectivity index (χ4v) is 3.48. The van der Waals surface area contributed by atoms with Crippen LogP contribution in [0.4, 0.5) is 11.4 Å². The van der Waals surface area contributed by atoms with Crippen LogP contribution >= 0.6 is 0 Å². The quantitative estimate of drug-likeness (QED) is 0.655. The first-order chi connectivity index (χ1) is 14.3. The van der Waals surface area contributed by atoms with E-state index in [-0.39, 0.29) is 23.9 Å². The van der Waals surface area contributed by atoms with E-state index in [0.717, 1.165) is 11.4 Å². The molecule has 2 aromatic heterocycles. The van der Waals surface area contributed by atoms with E-state index >= 15 is 0 Å². The van der Waals surface area contributed by atoms with Gasteiger partial charge in [-0.25, -0.2) is 14.3 Å². The zero-order valence-corrected chi connectivity index (χ0v) is 16.7. The Morgan fingerprint density at radius 1 is 1.23 bits per heavy atom. The minimum absolute atomic E-state index is 0.132. The minimum Gasteiger partial charge on any atom is -0.450 e. The molecular formula is C20H20N6O4. The molecule has 0 saturated carbocycles. The summed E-state index contributed by atoms with van der Waals surface area (Å²) in [6.07, 6.45) is 0.132. The van der Waals surface area contributed by atoms with E-state index in [0.29, 0.717) is 11.4 Å². The van der Waals surface area contributed by atoms with Crippen molar-refractivity contribution < 1.29 is 19.1 Å². The first-order valence-corrected chi connectivity index (χ1v) is 9.42. The van der Waals surface area contributed by atoms with Crippen molar-refractivity contribution >= 4 is 34.9 Å². The van der Waals surface area contributed by atoms with Crippen molar-refractivity contribution in [1.82, 2.24) is 19.6 Å². The number of rotatable bonds is 3. The summed E-state index contributed by atoms with van der Waals surface area (Å²) in [6.45, 7) is 4.90. The van der Waals surface area contributed by atoms with Gasteiger partial charge in [0.25, 0.3) is 17.5 Å². The van der Waals surface area contributed by atoms with Gasteiger partial charge in [0, 0.05) is 23.9 Å². The molecule has 1 aliphatic rings. The first kappa shape index (κ1) is 19.5. The lowest BCUT2D eigenvalue weighted by Gasteiger charge is -2.27. The van der Waals surface area contributed by atoms with Gasteiger partial charge in [-0.2, -0.15) is 4.98 Å². The molecule has 0 unspecified atom stereocenters. The van der Waals surface area contributed by atoms with Crippen molar-refractivity contribution in [2.45, 2.75) is 33.2 Å². The number of nitrogens with zero attached hydrogens (tertiary/aromatic N) is 5. The summed E-state index contributed by atoms with van der Waals surface area (Å²) in [6, 6.07) is 8.40. The van der Waals surface area contributed by atoms with Gasteiger partial charge in [0.05, 0.1) is 11.4 Å². The Hall–Kier alpha value is -3.82. The van der Waals surface area contributed by atoms with Crippen molar-refractivity contribution in [1.29, 1.82) is 0 Å². The molecule has 0 spiro atoms. The van der Waals surface area contributed by atoms with Crippen LogP contribution in [0.1, 0.15) is 35.4 Å². The Labute approximate surface area is 171 Å². The Bertz CT molecular complexity index is 1170. The predicted molar refractivity (Wildman–Crippen MR) is 107 cm³/mol. The van der Waals surface area contributed by atoms with Gasteiger partial charge >= 0.3 is 5.97 Å². The first-order valence-electron chi connectivity index (χ1n) is 9.42. The Balaban J connectivity index is 1.52. The van der Waals surface area contributed by atoms with Crippen molar-refractivity contribution in [3.63, 3.8) is 0 Å². The van der Waals surface area contributed by atoms with E-state index in [2.05, 4.69) is 20.4 Å². The van der Waals surface area contributed by atoms with E-state index in [1.807, 2.05) is 19.9 Å². The predicted octanol–water partition coefficient (Wildman–Crippen LogP) is 1.66. The zero-order valence-electron chi connectivity index (χ0n) is 16.7. The number of fused-ring (bicyclic) bond motifs is 2. The van der Waals surface area contributed by atoms with Crippen LogP contribution in [-0.2, 0) is 14.3 Å². The van der Waals surface area contributed by atoms with E-state index < -0.39 is 24.5 Å². The molecule has 154 valence electrons. The summed E-state index contributed by atoms with van der Waals surface area (Å²) in [5.74, 6) is -1.35. The van der Waals surface area contributed by atoms with Crippen LogP contribution in [0.2, 0.25) is 0 Å². The molecule has 0 radical (unpaired) electrons. The Morgan fingerprint density at radius 2 is 2.00 bits per heavy atom. The zero-order chi connectivity index (χ0) is 21.4. The SMILES string of the molecule is Cc1cc(C)n2nc(C(=O)OCC(=O)N3c4ccccc4NC(=O)C[C@@H]3C)nc2n1. The molecule has 3 aromatic rings. The van der Waals surface area contributed by atoms with Crippen molar-refractivity contribution in [2.75, 3.05) is 16.8 Å². The van der Waals surface area contributed by atoms with Gasteiger partial charge in [-0.05, 0) is 39.0 Å². The third kappa shape index (κ3) is 3.59. The van der Waals surface area contributed by atoms with Crippen LogP contribution in [0.5, 0.6) is 0 Å². The molecule has 10 heteroatoms. The number of nitrogens with one attached hydrogen (secondary N) is 1. The molecule has 1 aliphatic heterocycles. The number of aromatic nitrogens is 4. The number of carbonyl (C=O) groups is 3. The van der Waals surface area contributed by atoms with Gasteiger partial charge in [0.2, 0.25) is 5.91 Å². The van der Waals surface area contributed by atoms with Gasteiger partial charge in [0.1, 0.15) is 0 Å². The second kappa shape index (κ2) is 7.54. The lowest BCUT2D eigenvalue weighted by molar-refractivity contribution is -0.122. The van der Waals surface area contributed by atoms with Gasteiger partial charge in [0.15, 0.2) is 6.61 Å². The monoisotopic (exact) mass is 408 g/mol. The number of aryl methyl sites for hydroxylation is 2. The summed E-state index contributed by atoms with van der Waals surface area (Å²) in [5, 5.41) is 6.89. The average molecular weight is 408 g/mol. The van der Waals surface area contributed by atoms with Crippen LogP contribution < -0.4 is 10.2 Å². The molecule has 10 nitrogen and oxygen atoms in total. The van der Waals surface area contributed by atoms with Crippen LogP contribution in [0.3, 0.4) is 0 Å². The molecule has 0 fully saturated rings. The fraction of sp³-hybridized carbons (Fsp3) is 0.300. The van der Waals surface area contributed by atoms with Crippen molar-refractivity contribution in [3.05, 3.63) is 47.5 Å². The normalized spacial score (nSPS) is 16.0. The van der Waals surface area contributed by atoms with E-state index in [1.54, 1.807) is 31.2 Å². The highest BCUT2D eigenvalue weighted by Crippen LogP contribution is 2.31. The molecular weight excluding hydrogens is 388 g/mol. The van der Waals surface area contributed by atoms with E-state index in [4.69, 9.17) is 4.74 Å². The maximum Gasteiger partial charge on any atom is 0.378 e. The van der Waals surface area contributed by atoms with Crippen molar-refractivity contribution in [2.24, 2.45) is 0 Å². The van der Waals surface area contributed by atoms with E-state index in [1.165, 1.54) is 9.42 Å². The molecule has 2 amide bonds. The topological polar surface area (TPSA) is 119 Å². The number of carbonyl (C=O) groups excluding carboxylic acids is 3. The Kier molecular flexibility index (Phi) is 4.90. The molecule has 4 rings (SSSR count). The molecule has 3 heterocycles. The molecule has 30 heavy (non-hydrogen) atoms. The number of hydrogen-bond acceptors (Lipinski definition) is 7. The second-order valence-electron chi connectivity index (χ2n) is 7.14. The molecule has 1 atom stereocenters. The number of amides is 2. The van der Waals surface area contributed by atoms with Gasteiger partial charge in [-0.15, -0.1) is 5.10 Å². The van der Waals surface area contributed by atoms with Crippen LogP contribution in [0.15, 0.2) is 30.3 Å². The lowest BCUT2D eigenvalue weighted by Crippen LogP contribution is -2.41. The largest absolute Gasteiger partial charge is 0.450 e. The van der Waals surface area contributed by atoms with Gasteiger partial charge in [-0.1, -0.05) is 12.1 Å². The van der Waals surface area contributed by atoms with Crippen LogP contribution in [0, 0.1) is 13.8 Å².